The Kier molecular flexibility index (Phi) is 6.70. The van der Waals surface area contributed by atoms with Gasteiger partial charge >= 0.3 is 0 Å². The summed E-state index contributed by atoms with van der Waals surface area (Å²) in [6.45, 7) is 10.8. The molecule has 3 fully saturated rings. The molecule has 0 unspecified atom stereocenters. The van der Waals surface area contributed by atoms with E-state index in [-0.39, 0.29) is 0 Å². The van der Waals surface area contributed by atoms with Crippen molar-refractivity contribution < 1.29 is 4.74 Å². The van der Waals surface area contributed by atoms with Crippen LogP contribution in [-0.4, -0.2) is 83.0 Å². The molecule has 0 bridgehead atoms. The van der Waals surface area contributed by atoms with Gasteiger partial charge in [-0.2, -0.15) is 0 Å². The third kappa shape index (κ3) is 5.09. The van der Waals surface area contributed by atoms with Gasteiger partial charge in [0.1, 0.15) is 12.4 Å². The number of guanidine groups is 1. The smallest absolute Gasteiger partial charge is 0.194 e. The Hall–Kier alpha value is -1.67. The number of aryl methyl sites for hydroxylation is 1. The second-order valence-electron chi connectivity index (χ2n) is 8.98. The first-order valence-electron chi connectivity index (χ1n) is 11.3. The van der Waals surface area contributed by atoms with Gasteiger partial charge in [0.25, 0.3) is 0 Å². The molecule has 1 saturated carbocycles. The number of aromatic nitrogens is 3. The van der Waals surface area contributed by atoms with E-state index in [1.54, 1.807) is 0 Å². The summed E-state index contributed by atoms with van der Waals surface area (Å²) in [4.78, 5) is 9.95. The van der Waals surface area contributed by atoms with Crippen LogP contribution < -0.4 is 5.32 Å². The lowest BCUT2D eigenvalue weighted by atomic mass is 9.86. The number of rotatable bonds is 6. The highest BCUT2D eigenvalue weighted by molar-refractivity contribution is 5.80. The molecular formula is C21H37N7O. The number of hydrogen-bond donors (Lipinski definition) is 1. The fraction of sp³-hybridized carbons (Fsp3) is 0.857. The molecule has 29 heavy (non-hydrogen) atoms. The van der Waals surface area contributed by atoms with Crippen molar-refractivity contribution in [2.24, 2.45) is 17.5 Å². The second kappa shape index (κ2) is 9.43. The van der Waals surface area contributed by atoms with Crippen molar-refractivity contribution in [2.75, 3.05) is 52.5 Å². The maximum atomic E-state index is 5.45. The third-order valence-electron chi connectivity index (χ3n) is 6.99. The molecule has 8 heteroatoms. The molecule has 0 amide bonds. The van der Waals surface area contributed by atoms with E-state index in [0.29, 0.717) is 12.0 Å². The van der Waals surface area contributed by atoms with Crippen molar-refractivity contribution in [2.45, 2.75) is 52.0 Å². The van der Waals surface area contributed by atoms with E-state index >= 15 is 0 Å². The lowest BCUT2D eigenvalue weighted by molar-refractivity contribution is 0.0375. The summed E-state index contributed by atoms with van der Waals surface area (Å²) in [5.41, 5.74) is 0.539. The maximum absolute atomic E-state index is 5.45. The monoisotopic (exact) mass is 403 g/mol. The van der Waals surface area contributed by atoms with E-state index in [2.05, 4.69) is 25.3 Å². The normalized spacial score (nSPS) is 22.7. The molecule has 8 nitrogen and oxygen atoms in total. The molecule has 1 N–H and O–H groups in total. The van der Waals surface area contributed by atoms with Crippen LogP contribution in [0, 0.1) is 12.3 Å². The average molecular weight is 404 g/mol. The van der Waals surface area contributed by atoms with E-state index in [0.717, 1.165) is 76.5 Å². The number of hydrogen-bond acceptors (Lipinski definition) is 5. The topological polar surface area (TPSA) is 70.8 Å². The zero-order valence-corrected chi connectivity index (χ0v) is 18.2. The van der Waals surface area contributed by atoms with Crippen molar-refractivity contribution in [1.82, 2.24) is 29.9 Å². The highest BCUT2D eigenvalue weighted by Crippen LogP contribution is 2.45. The van der Waals surface area contributed by atoms with Crippen LogP contribution in [0.25, 0.3) is 0 Å². The van der Waals surface area contributed by atoms with Crippen molar-refractivity contribution in [3.8, 4) is 0 Å². The van der Waals surface area contributed by atoms with Crippen molar-refractivity contribution in [3.05, 3.63) is 11.6 Å². The zero-order valence-electron chi connectivity index (χ0n) is 18.2. The summed E-state index contributed by atoms with van der Waals surface area (Å²) < 4.78 is 7.48. The lowest BCUT2D eigenvalue weighted by Gasteiger charge is -2.28. The van der Waals surface area contributed by atoms with Crippen molar-refractivity contribution in [1.29, 1.82) is 0 Å². The summed E-state index contributed by atoms with van der Waals surface area (Å²) in [7, 11) is 2.01. The molecule has 3 heterocycles. The Morgan fingerprint density at radius 2 is 1.93 bits per heavy atom. The number of likely N-dealkylation sites (tertiary alicyclic amines) is 1. The van der Waals surface area contributed by atoms with Crippen molar-refractivity contribution >= 4 is 5.96 Å². The van der Waals surface area contributed by atoms with Crippen LogP contribution in [-0.2, 0) is 18.3 Å². The molecule has 2 aliphatic heterocycles. The predicted octanol–water partition coefficient (Wildman–Crippen LogP) is 1.56. The minimum Gasteiger partial charge on any atom is -0.379 e. The lowest BCUT2D eigenvalue weighted by Crippen LogP contribution is -2.43. The number of aliphatic imine (C=N–C) groups is 1. The predicted molar refractivity (Wildman–Crippen MR) is 114 cm³/mol. The molecule has 0 atom stereocenters. The first-order chi connectivity index (χ1) is 14.2. The Balaban J connectivity index is 1.35. The molecule has 2 saturated heterocycles. The first kappa shape index (κ1) is 20.6. The fourth-order valence-electron chi connectivity index (χ4n) is 4.98. The summed E-state index contributed by atoms with van der Waals surface area (Å²) in [5.74, 6) is 2.91. The van der Waals surface area contributed by atoms with E-state index in [4.69, 9.17) is 9.73 Å². The molecule has 1 spiro atoms. The highest BCUT2D eigenvalue weighted by Gasteiger charge is 2.41. The van der Waals surface area contributed by atoms with Gasteiger partial charge in [-0.3, -0.25) is 4.90 Å². The van der Waals surface area contributed by atoms with Crippen molar-refractivity contribution in [3.63, 3.8) is 0 Å². The minimum atomic E-state index is 0.539. The summed E-state index contributed by atoms with van der Waals surface area (Å²) in [6, 6.07) is 0. The van der Waals surface area contributed by atoms with Crippen LogP contribution in [0.4, 0.5) is 0 Å². The zero-order chi connectivity index (χ0) is 20.1. The van der Waals surface area contributed by atoms with Crippen LogP contribution >= 0.6 is 0 Å². The van der Waals surface area contributed by atoms with Crippen LogP contribution in [0.5, 0.6) is 0 Å². The van der Waals surface area contributed by atoms with Gasteiger partial charge in [-0.25, -0.2) is 4.99 Å². The summed E-state index contributed by atoms with van der Waals surface area (Å²) in [5, 5.41) is 12.1. The van der Waals surface area contributed by atoms with Gasteiger partial charge in [0, 0.05) is 39.8 Å². The van der Waals surface area contributed by atoms with Gasteiger partial charge in [-0.15, -0.1) is 10.2 Å². The molecule has 4 rings (SSSR count). The summed E-state index contributed by atoms with van der Waals surface area (Å²) in [6.07, 6.45) is 8.00. The molecule has 0 aromatic carbocycles. The van der Waals surface area contributed by atoms with E-state index < -0.39 is 0 Å². The first-order valence-corrected chi connectivity index (χ1v) is 11.3. The van der Waals surface area contributed by atoms with Crippen LogP contribution in [0.3, 0.4) is 0 Å². The van der Waals surface area contributed by atoms with E-state index in [1.807, 2.05) is 18.5 Å². The Morgan fingerprint density at radius 3 is 2.66 bits per heavy atom. The fourth-order valence-corrected chi connectivity index (χ4v) is 4.98. The largest absolute Gasteiger partial charge is 0.379 e. The molecule has 1 aromatic heterocycles. The maximum Gasteiger partial charge on any atom is 0.194 e. The van der Waals surface area contributed by atoms with E-state index in [9.17, 15) is 0 Å². The second-order valence-corrected chi connectivity index (χ2v) is 8.98. The van der Waals surface area contributed by atoms with Gasteiger partial charge in [0.2, 0.25) is 0 Å². The number of nitrogens with zero attached hydrogens (tertiary/aromatic N) is 6. The van der Waals surface area contributed by atoms with Crippen LogP contribution in [0.15, 0.2) is 4.99 Å². The molecule has 3 aliphatic rings. The SMILES string of the molecule is Cc1nnc(CN=C(NCCCN2CCOCC2)N2CCC3(CCCC3)C2)n1C. The van der Waals surface area contributed by atoms with Crippen LogP contribution in [0.1, 0.15) is 50.2 Å². The number of nitrogens with one attached hydrogen (secondary N) is 1. The van der Waals surface area contributed by atoms with E-state index in [1.165, 1.54) is 32.1 Å². The van der Waals surface area contributed by atoms with Gasteiger partial charge in [0.05, 0.1) is 13.2 Å². The molecule has 1 aromatic rings. The molecule has 1 aliphatic carbocycles. The summed E-state index contributed by atoms with van der Waals surface area (Å²) >= 11 is 0. The van der Waals surface area contributed by atoms with Gasteiger partial charge < -0.3 is 19.5 Å². The van der Waals surface area contributed by atoms with Gasteiger partial charge in [-0.05, 0) is 44.6 Å². The average Bonchev–Trinajstić information content (AvgIpc) is 3.46. The Labute approximate surface area is 174 Å². The third-order valence-corrected chi connectivity index (χ3v) is 6.99. The molecular weight excluding hydrogens is 366 g/mol. The standard InChI is InChI=1S/C21H37N7O/c1-18-24-25-19(26(18)2)16-23-20(22-9-5-10-27-12-14-29-15-13-27)28-11-8-21(17-28)6-3-4-7-21/h3-17H2,1-2H3,(H,22,23). The van der Waals surface area contributed by atoms with Gasteiger partial charge in [0.15, 0.2) is 11.8 Å². The molecule has 162 valence electrons. The number of ether oxygens (including phenoxy) is 1. The quantitative estimate of drug-likeness (QED) is 0.442. The minimum absolute atomic E-state index is 0.539. The Bertz CT molecular complexity index is 689. The Morgan fingerprint density at radius 1 is 1.14 bits per heavy atom. The van der Waals surface area contributed by atoms with Crippen LogP contribution in [0.2, 0.25) is 0 Å². The highest BCUT2D eigenvalue weighted by atomic mass is 16.5. The number of morpholine rings is 1. The molecule has 0 radical (unpaired) electrons. The van der Waals surface area contributed by atoms with Gasteiger partial charge in [-0.1, -0.05) is 12.8 Å².